The van der Waals surface area contributed by atoms with Gasteiger partial charge in [0, 0.05) is 32.7 Å². The van der Waals surface area contributed by atoms with Crippen LogP contribution in [-0.4, -0.2) is 59.9 Å². The molecule has 4 saturated carbocycles. The third-order valence-corrected chi connectivity index (χ3v) is 9.37. The highest BCUT2D eigenvalue weighted by Gasteiger charge is 2.55. The molecule has 0 aromatic heterocycles. The SMILES string of the molecule is CC1(c2ccc(CNC(=O)N3CCN(C(=O)C45CC6CC(CC(C6)C4)C5)CC3)cc2)NC(=O)NC1=O. The predicted octanol–water partition coefficient (Wildman–Crippen LogP) is 2.31. The van der Waals surface area contributed by atoms with Gasteiger partial charge in [-0.15, -0.1) is 0 Å². The lowest BCUT2D eigenvalue weighted by Crippen LogP contribution is -2.59. The van der Waals surface area contributed by atoms with E-state index >= 15 is 0 Å². The zero-order chi connectivity index (χ0) is 25.1. The predicted molar refractivity (Wildman–Crippen MR) is 131 cm³/mol. The topological polar surface area (TPSA) is 111 Å². The van der Waals surface area contributed by atoms with Gasteiger partial charge < -0.3 is 20.4 Å². The molecule has 6 aliphatic rings. The summed E-state index contributed by atoms with van der Waals surface area (Å²) in [6, 6.07) is 6.65. The molecule has 0 spiro atoms. The highest BCUT2D eigenvalue weighted by atomic mass is 16.2. The number of nitrogens with one attached hydrogen (secondary N) is 3. The second-order valence-corrected chi connectivity index (χ2v) is 11.9. The standard InChI is InChI=1S/C27H35N5O4/c1-26(22(33)29-24(35)30-26)21-4-2-17(3-5-21)16-28-25(36)32-8-6-31(7-9-32)23(34)27-13-18-10-19(14-27)12-20(11-18)15-27/h2-5,18-20H,6-16H2,1H3,(H,28,36)(H2,29,30,33,35). The zero-order valence-electron chi connectivity index (χ0n) is 20.8. The van der Waals surface area contributed by atoms with Crippen LogP contribution in [-0.2, 0) is 21.7 Å². The summed E-state index contributed by atoms with van der Waals surface area (Å²) in [5, 5.41) is 7.89. The molecule has 1 atom stereocenters. The van der Waals surface area contributed by atoms with Crippen LogP contribution in [0.15, 0.2) is 24.3 Å². The highest BCUT2D eigenvalue weighted by Crippen LogP contribution is 2.60. The Hall–Kier alpha value is -3.10. The van der Waals surface area contributed by atoms with Gasteiger partial charge in [-0.3, -0.25) is 14.9 Å². The summed E-state index contributed by atoms with van der Waals surface area (Å²) < 4.78 is 0. The van der Waals surface area contributed by atoms with Crippen molar-refractivity contribution < 1.29 is 19.2 Å². The molecule has 3 N–H and O–H groups in total. The number of imide groups is 1. The first-order chi connectivity index (χ1) is 17.2. The number of hydrogen-bond donors (Lipinski definition) is 3. The molecule has 2 saturated heterocycles. The van der Waals surface area contributed by atoms with E-state index in [-0.39, 0.29) is 17.4 Å². The molecule has 0 radical (unpaired) electrons. The van der Waals surface area contributed by atoms with Crippen molar-refractivity contribution in [2.45, 2.75) is 57.5 Å². The number of urea groups is 2. The van der Waals surface area contributed by atoms with Crippen molar-refractivity contribution in [3.63, 3.8) is 0 Å². The first-order valence-electron chi connectivity index (χ1n) is 13.3. The van der Waals surface area contributed by atoms with Crippen LogP contribution >= 0.6 is 0 Å². The van der Waals surface area contributed by atoms with Crippen molar-refractivity contribution >= 4 is 23.9 Å². The van der Waals surface area contributed by atoms with E-state index in [2.05, 4.69) is 16.0 Å². The second kappa shape index (κ2) is 8.49. The molecule has 7 rings (SSSR count). The van der Waals surface area contributed by atoms with Crippen molar-refractivity contribution in [3.8, 4) is 0 Å². The van der Waals surface area contributed by atoms with E-state index in [1.165, 1.54) is 19.3 Å². The van der Waals surface area contributed by atoms with Crippen LogP contribution in [0.3, 0.4) is 0 Å². The minimum absolute atomic E-state index is 0.121. The maximum absolute atomic E-state index is 13.6. The summed E-state index contributed by atoms with van der Waals surface area (Å²) in [4.78, 5) is 53.8. The second-order valence-electron chi connectivity index (χ2n) is 11.9. The van der Waals surface area contributed by atoms with Crippen molar-refractivity contribution in [1.29, 1.82) is 0 Å². The summed E-state index contributed by atoms with van der Waals surface area (Å²) in [6.45, 7) is 4.34. The first kappa shape index (κ1) is 23.3. The largest absolute Gasteiger partial charge is 0.339 e. The van der Waals surface area contributed by atoms with Gasteiger partial charge in [0.1, 0.15) is 5.54 Å². The third kappa shape index (κ3) is 3.92. The quantitative estimate of drug-likeness (QED) is 0.559. The Labute approximate surface area is 211 Å². The number of nitrogens with zero attached hydrogens (tertiary/aromatic N) is 2. The van der Waals surface area contributed by atoms with Crippen molar-refractivity contribution in [2.75, 3.05) is 26.2 Å². The van der Waals surface area contributed by atoms with Gasteiger partial charge in [-0.2, -0.15) is 0 Å². The van der Waals surface area contributed by atoms with E-state index in [0.717, 1.165) is 42.6 Å². The number of amides is 6. The minimum atomic E-state index is -1.09. The Morgan fingerprint density at radius 3 is 2.00 bits per heavy atom. The van der Waals surface area contributed by atoms with Crippen LogP contribution in [0.4, 0.5) is 9.59 Å². The maximum Gasteiger partial charge on any atom is 0.322 e. The molecule has 6 amide bonds. The van der Waals surface area contributed by atoms with E-state index in [1.807, 2.05) is 17.0 Å². The zero-order valence-corrected chi connectivity index (χ0v) is 20.8. The van der Waals surface area contributed by atoms with Gasteiger partial charge in [-0.25, -0.2) is 9.59 Å². The molecule has 4 bridgehead atoms. The highest BCUT2D eigenvalue weighted by molar-refractivity contribution is 6.07. The number of carbonyl (C=O) groups excluding carboxylic acids is 4. The summed E-state index contributed by atoms with van der Waals surface area (Å²) in [5.41, 5.74) is 0.369. The Bertz CT molecular complexity index is 1060. The van der Waals surface area contributed by atoms with Gasteiger partial charge in [0.15, 0.2) is 0 Å². The monoisotopic (exact) mass is 493 g/mol. The number of hydrogen-bond acceptors (Lipinski definition) is 4. The van der Waals surface area contributed by atoms with E-state index < -0.39 is 11.6 Å². The summed E-state index contributed by atoms with van der Waals surface area (Å²) in [6.07, 6.45) is 7.21. The van der Waals surface area contributed by atoms with Gasteiger partial charge in [0.05, 0.1) is 5.41 Å². The fourth-order valence-electron chi connectivity index (χ4n) is 7.81. The molecule has 36 heavy (non-hydrogen) atoms. The van der Waals surface area contributed by atoms with Crippen molar-refractivity contribution in [3.05, 3.63) is 35.4 Å². The normalized spacial score (nSPS) is 35.0. The smallest absolute Gasteiger partial charge is 0.322 e. The molecule has 2 aliphatic heterocycles. The van der Waals surface area contributed by atoms with Crippen LogP contribution in [0.1, 0.15) is 56.6 Å². The van der Waals surface area contributed by atoms with Crippen LogP contribution in [0, 0.1) is 23.2 Å². The Kier molecular flexibility index (Phi) is 5.50. The van der Waals surface area contributed by atoms with E-state index in [4.69, 9.17) is 0 Å². The fourth-order valence-corrected chi connectivity index (χ4v) is 7.81. The van der Waals surface area contributed by atoms with E-state index in [1.54, 1.807) is 24.0 Å². The summed E-state index contributed by atoms with van der Waals surface area (Å²) in [7, 11) is 0. The van der Waals surface area contributed by atoms with Gasteiger partial charge in [0.2, 0.25) is 5.91 Å². The Balaban J connectivity index is 0.999. The molecule has 9 nitrogen and oxygen atoms in total. The molecule has 1 unspecified atom stereocenters. The molecule has 6 fully saturated rings. The average Bonchev–Trinajstić information content (AvgIpc) is 3.13. The third-order valence-electron chi connectivity index (χ3n) is 9.37. The van der Waals surface area contributed by atoms with Gasteiger partial charge in [0.25, 0.3) is 5.91 Å². The average molecular weight is 494 g/mol. The Morgan fingerprint density at radius 1 is 0.917 bits per heavy atom. The first-order valence-corrected chi connectivity index (χ1v) is 13.3. The number of benzene rings is 1. The van der Waals surface area contributed by atoms with Gasteiger partial charge in [-0.05, 0) is 74.3 Å². The molecule has 4 aliphatic carbocycles. The van der Waals surface area contributed by atoms with Crippen molar-refractivity contribution in [2.24, 2.45) is 23.2 Å². The number of rotatable bonds is 4. The molecule has 1 aromatic rings. The molecule has 1 aromatic carbocycles. The number of carbonyl (C=O) groups is 4. The fraction of sp³-hybridized carbons (Fsp3) is 0.630. The molecular weight excluding hydrogens is 458 g/mol. The minimum Gasteiger partial charge on any atom is -0.339 e. The molecule has 9 heteroatoms. The van der Waals surface area contributed by atoms with Crippen LogP contribution in [0.25, 0.3) is 0 Å². The summed E-state index contributed by atoms with van der Waals surface area (Å²) in [5.74, 6) is 2.21. The van der Waals surface area contributed by atoms with Crippen LogP contribution < -0.4 is 16.0 Å². The van der Waals surface area contributed by atoms with E-state index in [0.29, 0.717) is 44.2 Å². The van der Waals surface area contributed by atoms with Crippen LogP contribution in [0.2, 0.25) is 0 Å². The molecule has 192 valence electrons. The van der Waals surface area contributed by atoms with Crippen LogP contribution in [0.5, 0.6) is 0 Å². The molecule has 2 heterocycles. The lowest BCUT2D eigenvalue weighted by molar-refractivity contribution is -0.159. The molecular formula is C27H35N5O4. The summed E-state index contributed by atoms with van der Waals surface area (Å²) >= 11 is 0. The number of piperazine rings is 1. The van der Waals surface area contributed by atoms with Crippen molar-refractivity contribution in [1.82, 2.24) is 25.8 Å². The lowest BCUT2D eigenvalue weighted by atomic mass is 9.49. The maximum atomic E-state index is 13.6. The van der Waals surface area contributed by atoms with Gasteiger partial charge >= 0.3 is 12.1 Å². The van der Waals surface area contributed by atoms with E-state index in [9.17, 15) is 19.2 Å². The Morgan fingerprint density at radius 2 is 1.47 bits per heavy atom. The lowest BCUT2D eigenvalue weighted by Gasteiger charge is -2.57. The van der Waals surface area contributed by atoms with Gasteiger partial charge in [-0.1, -0.05) is 24.3 Å².